The summed E-state index contributed by atoms with van der Waals surface area (Å²) < 4.78 is 4.98. The third kappa shape index (κ3) is 2.34. The topological polar surface area (TPSA) is 26.3 Å². The molecule has 0 aromatic heterocycles. The predicted octanol–water partition coefficient (Wildman–Crippen LogP) is 2.99. The fraction of sp³-hybridized carbons (Fsp3) is 0.417. The van der Waals surface area contributed by atoms with Crippen LogP contribution in [0.5, 0.6) is 0 Å². The van der Waals surface area contributed by atoms with Gasteiger partial charge in [0.05, 0.1) is 12.2 Å². The summed E-state index contributed by atoms with van der Waals surface area (Å²) in [6.45, 7) is 6.37. The number of rotatable bonds is 3. The quantitative estimate of drug-likeness (QED) is 0.688. The van der Waals surface area contributed by atoms with E-state index in [2.05, 4.69) is 13.8 Å². The highest BCUT2D eigenvalue weighted by Crippen LogP contribution is 2.19. The van der Waals surface area contributed by atoms with E-state index in [1.165, 1.54) is 0 Å². The van der Waals surface area contributed by atoms with Crippen LogP contribution < -0.4 is 0 Å². The minimum atomic E-state index is -0.225. The first-order valence-corrected chi connectivity index (χ1v) is 4.92. The fourth-order valence-corrected chi connectivity index (χ4v) is 1.40. The maximum Gasteiger partial charge on any atom is 0.338 e. The van der Waals surface area contributed by atoms with Gasteiger partial charge in [-0.05, 0) is 24.5 Å². The Kier molecular flexibility index (Phi) is 3.69. The van der Waals surface area contributed by atoms with Crippen LogP contribution >= 0.6 is 0 Å². The van der Waals surface area contributed by atoms with E-state index in [1.54, 1.807) is 0 Å². The summed E-state index contributed by atoms with van der Waals surface area (Å²) in [5, 5.41) is 0. The maximum atomic E-state index is 11.5. The van der Waals surface area contributed by atoms with E-state index >= 15 is 0 Å². The summed E-state index contributed by atoms with van der Waals surface area (Å²) in [4.78, 5) is 11.5. The molecule has 1 aromatic carbocycles. The average Bonchev–Trinajstić information content (AvgIpc) is 2.18. The van der Waals surface area contributed by atoms with Crippen molar-refractivity contribution in [3.8, 4) is 0 Å². The van der Waals surface area contributed by atoms with E-state index in [0.717, 1.165) is 5.56 Å². The van der Waals surface area contributed by atoms with Crippen molar-refractivity contribution in [1.82, 2.24) is 0 Å². The van der Waals surface area contributed by atoms with Crippen LogP contribution in [0, 0.1) is 0 Å². The van der Waals surface area contributed by atoms with Gasteiger partial charge in [0.1, 0.15) is 0 Å². The van der Waals surface area contributed by atoms with Gasteiger partial charge in [0.15, 0.2) is 0 Å². The Labute approximate surface area is 84.9 Å². The second-order valence-corrected chi connectivity index (χ2v) is 3.46. The number of hydrogen-bond acceptors (Lipinski definition) is 2. The zero-order chi connectivity index (χ0) is 10.6. The number of esters is 1. The molecule has 2 nitrogen and oxygen atoms in total. The lowest BCUT2D eigenvalue weighted by Gasteiger charge is -2.10. The number of carbonyl (C=O) groups excluding carboxylic acids is 1. The molecule has 0 saturated heterocycles. The zero-order valence-electron chi connectivity index (χ0n) is 8.91. The Morgan fingerprint density at radius 3 is 2.57 bits per heavy atom. The predicted molar refractivity (Wildman–Crippen MR) is 56.5 cm³/mol. The second-order valence-electron chi connectivity index (χ2n) is 3.46. The molecule has 0 bridgehead atoms. The van der Waals surface area contributed by atoms with Crippen molar-refractivity contribution in [3.05, 3.63) is 35.4 Å². The van der Waals surface area contributed by atoms with Crippen molar-refractivity contribution in [2.45, 2.75) is 26.7 Å². The van der Waals surface area contributed by atoms with Crippen LogP contribution in [0.25, 0.3) is 0 Å². The van der Waals surface area contributed by atoms with E-state index in [0.29, 0.717) is 18.1 Å². The molecule has 0 unspecified atom stereocenters. The summed E-state index contributed by atoms with van der Waals surface area (Å²) in [5.41, 5.74) is 1.73. The molecule has 0 spiro atoms. The Bertz CT molecular complexity index is 316. The number of benzene rings is 1. The van der Waals surface area contributed by atoms with Crippen LogP contribution in [0.1, 0.15) is 42.6 Å². The summed E-state index contributed by atoms with van der Waals surface area (Å²) >= 11 is 0. The van der Waals surface area contributed by atoms with Crippen molar-refractivity contribution in [1.29, 1.82) is 0 Å². The minimum Gasteiger partial charge on any atom is -0.462 e. The lowest BCUT2D eigenvalue weighted by atomic mass is 9.97. The molecule has 14 heavy (non-hydrogen) atoms. The molecule has 0 aliphatic heterocycles. The summed E-state index contributed by atoms with van der Waals surface area (Å²) in [5.74, 6) is 0.118. The average molecular weight is 192 g/mol. The van der Waals surface area contributed by atoms with Crippen molar-refractivity contribution in [2.75, 3.05) is 6.61 Å². The standard InChI is InChI=1S/C12H16O2/c1-4-14-12(13)11-8-6-5-7-10(11)9(2)3/h5-9H,4H2,1-3H3. The largest absolute Gasteiger partial charge is 0.462 e. The normalized spacial score (nSPS) is 10.3. The highest BCUT2D eigenvalue weighted by Gasteiger charge is 2.13. The molecular formula is C12H16O2. The first kappa shape index (κ1) is 10.8. The zero-order valence-corrected chi connectivity index (χ0v) is 8.91. The third-order valence-electron chi connectivity index (χ3n) is 2.08. The fourth-order valence-electron chi connectivity index (χ4n) is 1.40. The van der Waals surface area contributed by atoms with Gasteiger partial charge >= 0.3 is 5.97 Å². The van der Waals surface area contributed by atoms with Crippen LogP contribution in [0.4, 0.5) is 0 Å². The van der Waals surface area contributed by atoms with Crippen LogP contribution in [-0.4, -0.2) is 12.6 Å². The first-order valence-electron chi connectivity index (χ1n) is 4.92. The number of ether oxygens (including phenoxy) is 1. The summed E-state index contributed by atoms with van der Waals surface area (Å²) in [6.07, 6.45) is 0. The van der Waals surface area contributed by atoms with Gasteiger partial charge < -0.3 is 4.74 Å². The smallest absolute Gasteiger partial charge is 0.338 e. The number of carbonyl (C=O) groups is 1. The molecule has 0 N–H and O–H groups in total. The Morgan fingerprint density at radius 2 is 2.00 bits per heavy atom. The molecule has 1 aromatic rings. The highest BCUT2D eigenvalue weighted by molar-refractivity contribution is 5.91. The van der Waals surface area contributed by atoms with Gasteiger partial charge in [-0.1, -0.05) is 32.0 Å². The Morgan fingerprint density at radius 1 is 1.36 bits per heavy atom. The van der Waals surface area contributed by atoms with Crippen LogP contribution in [-0.2, 0) is 4.74 Å². The van der Waals surface area contributed by atoms with E-state index in [1.807, 2.05) is 31.2 Å². The Hall–Kier alpha value is -1.31. The lowest BCUT2D eigenvalue weighted by molar-refractivity contribution is 0.0524. The molecule has 0 amide bonds. The van der Waals surface area contributed by atoms with Crippen molar-refractivity contribution in [2.24, 2.45) is 0 Å². The molecule has 0 atom stereocenters. The SMILES string of the molecule is CCOC(=O)c1ccccc1C(C)C. The van der Waals surface area contributed by atoms with Crippen molar-refractivity contribution in [3.63, 3.8) is 0 Å². The number of hydrogen-bond donors (Lipinski definition) is 0. The Balaban J connectivity index is 3.00. The highest BCUT2D eigenvalue weighted by atomic mass is 16.5. The van der Waals surface area contributed by atoms with Crippen LogP contribution in [0.3, 0.4) is 0 Å². The molecule has 0 saturated carbocycles. The van der Waals surface area contributed by atoms with Crippen molar-refractivity contribution >= 4 is 5.97 Å². The maximum absolute atomic E-state index is 11.5. The van der Waals surface area contributed by atoms with Crippen LogP contribution in [0.15, 0.2) is 24.3 Å². The van der Waals surface area contributed by atoms with Gasteiger partial charge in [-0.25, -0.2) is 4.79 Å². The van der Waals surface area contributed by atoms with Gasteiger partial charge in [-0.3, -0.25) is 0 Å². The molecular weight excluding hydrogens is 176 g/mol. The van der Waals surface area contributed by atoms with Gasteiger partial charge in [0.2, 0.25) is 0 Å². The molecule has 0 aliphatic rings. The summed E-state index contributed by atoms with van der Waals surface area (Å²) in [7, 11) is 0. The molecule has 2 heteroatoms. The van der Waals surface area contributed by atoms with Gasteiger partial charge in [0, 0.05) is 0 Å². The van der Waals surface area contributed by atoms with Gasteiger partial charge in [0.25, 0.3) is 0 Å². The van der Waals surface area contributed by atoms with E-state index in [4.69, 9.17) is 4.74 Å². The van der Waals surface area contributed by atoms with Gasteiger partial charge in [-0.2, -0.15) is 0 Å². The van der Waals surface area contributed by atoms with Crippen LogP contribution in [0.2, 0.25) is 0 Å². The molecule has 0 aliphatic carbocycles. The minimum absolute atomic E-state index is 0.225. The van der Waals surface area contributed by atoms with Gasteiger partial charge in [-0.15, -0.1) is 0 Å². The van der Waals surface area contributed by atoms with Crippen molar-refractivity contribution < 1.29 is 9.53 Å². The second kappa shape index (κ2) is 4.80. The monoisotopic (exact) mass is 192 g/mol. The molecule has 76 valence electrons. The lowest BCUT2D eigenvalue weighted by Crippen LogP contribution is -2.08. The van der Waals surface area contributed by atoms with E-state index in [-0.39, 0.29) is 5.97 Å². The molecule has 0 fully saturated rings. The van der Waals surface area contributed by atoms with E-state index in [9.17, 15) is 4.79 Å². The molecule has 0 heterocycles. The molecule has 0 radical (unpaired) electrons. The summed E-state index contributed by atoms with van der Waals surface area (Å²) in [6, 6.07) is 7.58. The molecule has 1 rings (SSSR count). The third-order valence-corrected chi connectivity index (χ3v) is 2.08. The first-order chi connectivity index (χ1) is 6.66. The van der Waals surface area contributed by atoms with E-state index < -0.39 is 0 Å².